The number of ketones is 1. The number of Topliss-reactive ketones (excluding diaryl/α,β-unsaturated/α-hetero) is 1. The summed E-state index contributed by atoms with van der Waals surface area (Å²) in [5, 5.41) is 1.62. The van der Waals surface area contributed by atoms with Crippen LogP contribution in [0.4, 0.5) is 9.52 Å². The van der Waals surface area contributed by atoms with Gasteiger partial charge in [0.1, 0.15) is 11.6 Å². The highest BCUT2D eigenvalue weighted by Crippen LogP contribution is 2.21. The van der Waals surface area contributed by atoms with Crippen LogP contribution in [0.3, 0.4) is 0 Å². The SMILES string of the molecule is O=C(CCCCCN1CCN(c2nc(Cc3ccc(F)cc3)ns2)CC1)c1ccc(Cl)cc1. The molecule has 0 unspecified atom stereocenters. The van der Waals surface area contributed by atoms with E-state index in [1.807, 2.05) is 0 Å². The summed E-state index contributed by atoms with van der Waals surface area (Å²) >= 11 is 7.32. The fraction of sp³-hybridized carbons (Fsp3) is 0.400. The maximum absolute atomic E-state index is 13.1. The normalized spacial score (nSPS) is 14.5. The lowest BCUT2D eigenvalue weighted by Gasteiger charge is -2.34. The van der Waals surface area contributed by atoms with Crippen molar-refractivity contribution in [1.82, 2.24) is 14.3 Å². The molecule has 2 heterocycles. The zero-order valence-electron chi connectivity index (χ0n) is 18.6. The molecule has 33 heavy (non-hydrogen) atoms. The largest absolute Gasteiger partial charge is 0.344 e. The summed E-state index contributed by atoms with van der Waals surface area (Å²) < 4.78 is 17.6. The minimum atomic E-state index is -0.227. The Morgan fingerprint density at radius 1 is 0.970 bits per heavy atom. The Morgan fingerprint density at radius 2 is 1.70 bits per heavy atom. The van der Waals surface area contributed by atoms with Gasteiger partial charge in [-0.3, -0.25) is 9.69 Å². The average Bonchev–Trinajstić information content (AvgIpc) is 3.29. The summed E-state index contributed by atoms with van der Waals surface area (Å²) in [6, 6.07) is 13.6. The molecule has 1 aliphatic rings. The summed E-state index contributed by atoms with van der Waals surface area (Å²) in [5.41, 5.74) is 1.76. The standard InChI is InChI=1S/C25H28ClFN4OS/c26-21-9-7-20(8-10-21)23(32)4-2-1-3-13-30-14-16-31(17-15-30)25-28-24(29-33-25)18-19-5-11-22(27)12-6-19/h5-12H,1-4,13-18H2. The van der Waals surface area contributed by atoms with Crippen LogP contribution >= 0.6 is 23.1 Å². The van der Waals surface area contributed by atoms with E-state index in [9.17, 15) is 9.18 Å². The molecule has 0 bridgehead atoms. The number of unbranched alkanes of at least 4 members (excludes halogenated alkanes) is 2. The highest BCUT2D eigenvalue weighted by atomic mass is 35.5. The van der Waals surface area contributed by atoms with Crippen LogP contribution in [0.1, 0.15) is 47.4 Å². The van der Waals surface area contributed by atoms with E-state index >= 15 is 0 Å². The predicted molar refractivity (Wildman–Crippen MR) is 132 cm³/mol. The smallest absolute Gasteiger partial charge is 0.205 e. The molecule has 1 aromatic heterocycles. The first-order valence-corrected chi connectivity index (χ1v) is 12.5. The zero-order chi connectivity index (χ0) is 23.0. The zero-order valence-corrected chi connectivity index (χ0v) is 20.1. The number of hydrogen-bond acceptors (Lipinski definition) is 6. The van der Waals surface area contributed by atoms with Gasteiger partial charge in [-0.2, -0.15) is 4.37 Å². The van der Waals surface area contributed by atoms with Crippen molar-refractivity contribution in [3.63, 3.8) is 0 Å². The minimum absolute atomic E-state index is 0.191. The number of aromatic nitrogens is 2. The van der Waals surface area contributed by atoms with Crippen LogP contribution in [0.5, 0.6) is 0 Å². The lowest BCUT2D eigenvalue weighted by molar-refractivity contribution is 0.0978. The van der Waals surface area contributed by atoms with Gasteiger partial charge in [0.25, 0.3) is 0 Å². The number of anilines is 1. The molecular weight excluding hydrogens is 459 g/mol. The van der Waals surface area contributed by atoms with Crippen molar-refractivity contribution in [2.75, 3.05) is 37.6 Å². The first kappa shape index (κ1) is 23.8. The fourth-order valence-electron chi connectivity index (χ4n) is 3.97. The lowest BCUT2D eigenvalue weighted by atomic mass is 10.0. The molecule has 1 fully saturated rings. The lowest BCUT2D eigenvalue weighted by Crippen LogP contribution is -2.46. The molecule has 0 saturated carbocycles. The van der Waals surface area contributed by atoms with Crippen LogP contribution in [-0.4, -0.2) is 52.8 Å². The van der Waals surface area contributed by atoms with Gasteiger partial charge in [0, 0.05) is 61.1 Å². The molecule has 0 N–H and O–H groups in total. The van der Waals surface area contributed by atoms with E-state index in [1.54, 1.807) is 36.4 Å². The van der Waals surface area contributed by atoms with Gasteiger partial charge in [-0.05, 0) is 61.3 Å². The van der Waals surface area contributed by atoms with Crippen molar-refractivity contribution >= 4 is 34.0 Å². The Bertz CT molecular complexity index is 1030. The quantitative estimate of drug-likeness (QED) is 0.280. The van der Waals surface area contributed by atoms with Crippen molar-refractivity contribution in [2.24, 2.45) is 0 Å². The molecule has 8 heteroatoms. The third-order valence-electron chi connectivity index (χ3n) is 5.92. The molecule has 174 valence electrons. The van der Waals surface area contributed by atoms with Crippen LogP contribution in [-0.2, 0) is 6.42 Å². The van der Waals surface area contributed by atoms with Crippen LogP contribution < -0.4 is 4.90 Å². The molecule has 2 aromatic carbocycles. The van der Waals surface area contributed by atoms with Crippen molar-refractivity contribution in [1.29, 1.82) is 0 Å². The van der Waals surface area contributed by atoms with E-state index < -0.39 is 0 Å². The van der Waals surface area contributed by atoms with E-state index in [0.29, 0.717) is 17.9 Å². The first-order valence-electron chi connectivity index (χ1n) is 11.4. The topological polar surface area (TPSA) is 49.3 Å². The number of carbonyl (C=O) groups is 1. The van der Waals surface area contributed by atoms with Gasteiger partial charge >= 0.3 is 0 Å². The molecule has 4 rings (SSSR count). The third-order valence-corrected chi connectivity index (χ3v) is 6.99. The second kappa shape index (κ2) is 11.7. The predicted octanol–water partition coefficient (Wildman–Crippen LogP) is 5.49. The Kier molecular flexibility index (Phi) is 8.42. The summed E-state index contributed by atoms with van der Waals surface area (Å²) in [6.07, 6.45) is 4.30. The van der Waals surface area contributed by atoms with E-state index in [0.717, 1.165) is 74.1 Å². The van der Waals surface area contributed by atoms with E-state index in [-0.39, 0.29) is 11.6 Å². The number of hydrogen-bond donors (Lipinski definition) is 0. The van der Waals surface area contributed by atoms with Gasteiger partial charge in [-0.15, -0.1) is 0 Å². The maximum Gasteiger partial charge on any atom is 0.205 e. The Balaban J connectivity index is 1.12. The number of carbonyl (C=O) groups excluding carboxylic acids is 1. The van der Waals surface area contributed by atoms with Gasteiger partial charge in [-0.1, -0.05) is 30.2 Å². The van der Waals surface area contributed by atoms with Gasteiger partial charge in [-0.25, -0.2) is 9.37 Å². The van der Waals surface area contributed by atoms with Crippen molar-refractivity contribution in [3.8, 4) is 0 Å². The summed E-state index contributed by atoms with van der Waals surface area (Å²) in [4.78, 5) is 21.7. The van der Waals surface area contributed by atoms with E-state index in [1.165, 1.54) is 23.7 Å². The van der Waals surface area contributed by atoms with Crippen molar-refractivity contribution in [2.45, 2.75) is 32.1 Å². The molecule has 0 spiro atoms. The highest BCUT2D eigenvalue weighted by Gasteiger charge is 2.20. The molecule has 0 aliphatic carbocycles. The highest BCUT2D eigenvalue weighted by molar-refractivity contribution is 7.09. The Labute approximate surface area is 203 Å². The molecule has 0 atom stereocenters. The van der Waals surface area contributed by atoms with Crippen LogP contribution in [0.15, 0.2) is 48.5 Å². The van der Waals surface area contributed by atoms with Gasteiger partial charge < -0.3 is 4.90 Å². The van der Waals surface area contributed by atoms with E-state index in [4.69, 9.17) is 16.6 Å². The fourth-order valence-corrected chi connectivity index (χ4v) is 4.83. The van der Waals surface area contributed by atoms with Crippen molar-refractivity contribution in [3.05, 3.63) is 76.3 Å². The number of nitrogens with zero attached hydrogens (tertiary/aromatic N) is 4. The molecular formula is C25H28ClFN4OS. The maximum atomic E-state index is 13.1. The molecule has 0 amide bonds. The van der Waals surface area contributed by atoms with Gasteiger partial charge in [0.2, 0.25) is 5.13 Å². The summed E-state index contributed by atoms with van der Waals surface area (Å²) in [7, 11) is 0. The van der Waals surface area contributed by atoms with Crippen molar-refractivity contribution < 1.29 is 9.18 Å². The molecule has 0 radical (unpaired) electrons. The molecule has 1 aliphatic heterocycles. The Morgan fingerprint density at radius 3 is 2.42 bits per heavy atom. The number of rotatable bonds is 10. The number of halogens is 2. The molecule has 5 nitrogen and oxygen atoms in total. The second-order valence-corrected chi connectivity index (χ2v) is 9.53. The average molecular weight is 487 g/mol. The second-order valence-electron chi connectivity index (χ2n) is 8.37. The minimum Gasteiger partial charge on any atom is -0.344 e. The monoisotopic (exact) mass is 486 g/mol. The van der Waals surface area contributed by atoms with Gasteiger partial charge in [0.05, 0.1) is 0 Å². The third kappa shape index (κ3) is 7.06. The summed E-state index contributed by atoms with van der Waals surface area (Å²) in [5.74, 6) is 0.753. The molecule has 1 saturated heterocycles. The van der Waals surface area contributed by atoms with E-state index in [2.05, 4.69) is 14.2 Å². The first-order chi connectivity index (χ1) is 16.1. The number of piperazine rings is 1. The van der Waals surface area contributed by atoms with Gasteiger partial charge in [0.15, 0.2) is 5.78 Å². The van der Waals surface area contributed by atoms with Crippen LogP contribution in [0, 0.1) is 5.82 Å². The van der Waals surface area contributed by atoms with Crippen LogP contribution in [0.25, 0.3) is 0 Å². The van der Waals surface area contributed by atoms with Crippen LogP contribution in [0.2, 0.25) is 5.02 Å². The number of benzene rings is 2. The molecule has 3 aromatic rings. The summed E-state index contributed by atoms with van der Waals surface area (Å²) in [6.45, 7) is 4.97. The Hall–Kier alpha value is -2.35.